The topological polar surface area (TPSA) is 90.4 Å². The Labute approximate surface area is 96.8 Å². The molecule has 3 atom stereocenters. The van der Waals surface area contributed by atoms with Gasteiger partial charge in [0.1, 0.15) is 12.0 Å². The highest BCUT2D eigenvalue weighted by Gasteiger charge is 2.36. The highest BCUT2D eigenvalue weighted by molar-refractivity contribution is 5.23. The number of aromatic nitrogens is 2. The number of anilines is 1. The van der Waals surface area contributed by atoms with Gasteiger partial charge < -0.3 is 15.6 Å². The van der Waals surface area contributed by atoms with E-state index in [4.69, 9.17) is 15.6 Å². The van der Waals surface area contributed by atoms with E-state index in [9.17, 15) is 9.18 Å². The first-order valence-electron chi connectivity index (χ1n) is 5.32. The van der Waals surface area contributed by atoms with E-state index in [-0.39, 0.29) is 12.4 Å². The van der Waals surface area contributed by atoms with Gasteiger partial charge in [0.05, 0.1) is 19.4 Å². The lowest BCUT2D eigenvalue weighted by molar-refractivity contribution is -0.0340. The second-order valence-corrected chi connectivity index (χ2v) is 4.00. The van der Waals surface area contributed by atoms with Crippen LogP contribution < -0.4 is 11.4 Å². The molecule has 1 saturated heterocycles. The van der Waals surface area contributed by atoms with Crippen LogP contribution in [0.1, 0.15) is 12.6 Å². The normalized spacial score (nSPS) is 28.5. The lowest BCUT2D eigenvalue weighted by Crippen LogP contribution is -2.27. The number of aliphatic hydroxyl groups is 1. The number of nitrogens with two attached hydrogens (primary N) is 1. The Hall–Kier alpha value is -1.47. The second kappa shape index (κ2) is 4.80. The van der Waals surface area contributed by atoms with Gasteiger partial charge in [-0.25, -0.2) is 4.79 Å². The van der Waals surface area contributed by atoms with Crippen LogP contribution in [0.5, 0.6) is 0 Å². The van der Waals surface area contributed by atoms with E-state index in [1.165, 1.54) is 16.8 Å². The molecule has 1 fully saturated rings. The van der Waals surface area contributed by atoms with Crippen molar-refractivity contribution in [1.82, 2.24) is 9.55 Å². The van der Waals surface area contributed by atoms with E-state index in [0.717, 1.165) is 0 Å². The summed E-state index contributed by atoms with van der Waals surface area (Å²) < 4.78 is 19.3. The summed E-state index contributed by atoms with van der Waals surface area (Å²) in [7, 11) is 0. The number of ether oxygens (including phenoxy) is 1. The number of hydrogen-bond donors (Lipinski definition) is 2. The molecule has 0 saturated carbocycles. The molecule has 3 N–H and O–H groups in total. The molecule has 6 nitrogen and oxygen atoms in total. The maximum absolute atomic E-state index is 12.7. The summed E-state index contributed by atoms with van der Waals surface area (Å²) in [6.45, 7) is -0.846. The monoisotopic (exact) mass is 243 g/mol. The summed E-state index contributed by atoms with van der Waals surface area (Å²) in [6.07, 6.45) is 0.639. The molecule has 1 aromatic rings. The Morgan fingerprint density at radius 1 is 1.71 bits per heavy atom. The van der Waals surface area contributed by atoms with Gasteiger partial charge in [-0.05, 0) is 6.07 Å². The number of nitrogen functional groups attached to an aromatic ring is 1. The van der Waals surface area contributed by atoms with E-state index in [2.05, 4.69) is 4.98 Å². The minimum absolute atomic E-state index is 0.130. The Bertz CT molecular complexity index is 439. The van der Waals surface area contributed by atoms with Gasteiger partial charge in [0.15, 0.2) is 0 Å². The first-order chi connectivity index (χ1) is 8.15. The third-order valence-electron chi connectivity index (χ3n) is 2.90. The molecule has 0 radical (unpaired) electrons. The molecule has 17 heavy (non-hydrogen) atoms. The van der Waals surface area contributed by atoms with Gasteiger partial charge in [0, 0.05) is 18.5 Å². The number of hydrogen-bond acceptors (Lipinski definition) is 5. The molecular weight excluding hydrogens is 229 g/mol. The van der Waals surface area contributed by atoms with Crippen molar-refractivity contribution in [1.29, 1.82) is 0 Å². The molecule has 1 aliphatic heterocycles. The summed E-state index contributed by atoms with van der Waals surface area (Å²) in [4.78, 5) is 15.1. The lowest BCUT2D eigenvalue weighted by Gasteiger charge is -2.14. The molecule has 7 heteroatoms. The maximum atomic E-state index is 12.7. The van der Waals surface area contributed by atoms with Gasteiger partial charge in [0.2, 0.25) is 0 Å². The molecule has 1 aliphatic rings. The number of halogens is 1. The first kappa shape index (κ1) is 12.0. The van der Waals surface area contributed by atoms with Crippen molar-refractivity contribution in [3.63, 3.8) is 0 Å². The highest BCUT2D eigenvalue weighted by atomic mass is 19.1. The molecular formula is C10H14FN3O3. The largest absolute Gasteiger partial charge is 0.394 e. The number of rotatable bonds is 3. The molecule has 1 aromatic heterocycles. The summed E-state index contributed by atoms with van der Waals surface area (Å²) in [5, 5.41) is 9.03. The molecule has 0 aliphatic carbocycles. The third-order valence-corrected chi connectivity index (χ3v) is 2.90. The zero-order valence-electron chi connectivity index (χ0n) is 9.12. The molecule has 94 valence electrons. The van der Waals surface area contributed by atoms with Crippen molar-refractivity contribution in [2.75, 3.05) is 19.0 Å². The molecule has 0 amide bonds. The Morgan fingerprint density at radius 3 is 3.00 bits per heavy atom. The highest BCUT2D eigenvalue weighted by Crippen LogP contribution is 2.32. The van der Waals surface area contributed by atoms with Gasteiger partial charge in [-0.15, -0.1) is 0 Å². The molecule has 0 spiro atoms. The van der Waals surface area contributed by atoms with Crippen molar-refractivity contribution in [3.8, 4) is 0 Å². The fourth-order valence-corrected chi connectivity index (χ4v) is 1.96. The van der Waals surface area contributed by atoms with Gasteiger partial charge in [-0.1, -0.05) is 0 Å². The number of nitrogens with zero attached hydrogens (tertiary/aromatic N) is 2. The smallest absolute Gasteiger partial charge is 0.351 e. The van der Waals surface area contributed by atoms with Gasteiger partial charge in [-0.3, -0.25) is 8.96 Å². The van der Waals surface area contributed by atoms with E-state index in [1.54, 1.807) is 0 Å². The van der Waals surface area contributed by atoms with Crippen LogP contribution >= 0.6 is 0 Å². The molecule has 2 rings (SSSR count). The van der Waals surface area contributed by atoms with Gasteiger partial charge in [0.25, 0.3) is 0 Å². The summed E-state index contributed by atoms with van der Waals surface area (Å²) in [6, 6.07) is 1.47. The van der Waals surface area contributed by atoms with Crippen LogP contribution in [0.3, 0.4) is 0 Å². The van der Waals surface area contributed by atoms with Crippen molar-refractivity contribution < 1.29 is 14.2 Å². The van der Waals surface area contributed by atoms with Crippen LogP contribution in [0.2, 0.25) is 0 Å². The molecule has 2 heterocycles. The van der Waals surface area contributed by atoms with Crippen LogP contribution in [-0.2, 0) is 4.74 Å². The number of alkyl halides is 1. The van der Waals surface area contributed by atoms with Gasteiger partial charge >= 0.3 is 5.69 Å². The zero-order chi connectivity index (χ0) is 12.4. The second-order valence-electron chi connectivity index (χ2n) is 4.00. The minimum atomic E-state index is -0.589. The van der Waals surface area contributed by atoms with Crippen molar-refractivity contribution in [2.45, 2.75) is 18.8 Å². The molecule has 0 aromatic carbocycles. The van der Waals surface area contributed by atoms with Crippen molar-refractivity contribution in [3.05, 3.63) is 22.7 Å². The molecule has 0 bridgehead atoms. The fraction of sp³-hybridized carbons (Fsp3) is 0.600. The Morgan fingerprint density at radius 2 is 2.47 bits per heavy atom. The van der Waals surface area contributed by atoms with E-state index in [1.807, 2.05) is 0 Å². The first-order valence-corrected chi connectivity index (χ1v) is 5.32. The summed E-state index contributed by atoms with van der Waals surface area (Å²) in [5.41, 5.74) is 4.83. The Kier molecular flexibility index (Phi) is 3.39. The van der Waals surface area contributed by atoms with E-state index < -0.39 is 30.6 Å². The summed E-state index contributed by atoms with van der Waals surface area (Å²) in [5.74, 6) is -0.264. The van der Waals surface area contributed by atoms with Crippen molar-refractivity contribution in [2.24, 2.45) is 5.92 Å². The quantitative estimate of drug-likeness (QED) is 0.760. The average molecular weight is 243 g/mol. The van der Waals surface area contributed by atoms with Crippen LogP contribution in [0.4, 0.5) is 10.2 Å². The SMILES string of the molecule is Nc1ccn(C2C[C@H](CF)[C@@H](CO)O2)c(=O)n1. The Balaban J connectivity index is 2.22. The average Bonchev–Trinajstić information content (AvgIpc) is 2.72. The van der Waals surface area contributed by atoms with Crippen LogP contribution in [-0.4, -0.2) is 34.0 Å². The van der Waals surface area contributed by atoms with Crippen LogP contribution in [0.15, 0.2) is 17.1 Å². The van der Waals surface area contributed by atoms with E-state index in [0.29, 0.717) is 6.42 Å². The van der Waals surface area contributed by atoms with E-state index >= 15 is 0 Å². The molecule has 1 unspecified atom stereocenters. The zero-order valence-corrected chi connectivity index (χ0v) is 9.12. The standard InChI is InChI=1S/C10H14FN3O3/c11-4-6-3-9(17-7(6)5-15)14-2-1-8(12)13-10(14)16/h1-2,6-7,9,15H,3-5H2,(H2,12,13,16)/t6-,7-,9?/m1/s1. The fourth-order valence-electron chi connectivity index (χ4n) is 1.96. The van der Waals surface area contributed by atoms with Crippen LogP contribution in [0.25, 0.3) is 0 Å². The van der Waals surface area contributed by atoms with Crippen LogP contribution in [0, 0.1) is 5.92 Å². The predicted molar refractivity (Wildman–Crippen MR) is 58.0 cm³/mol. The lowest BCUT2D eigenvalue weighted by atomic mass is 10.0. The van der Waals surface area contributed by atoms with Gasteiger partial charge in [-0.2, -0.15) is 4.98 Å². The minimum Gasteiger partial charge on any atom is -0.394 e. The number of aliphatic hydroxyl groups excluding tert-OH is 1. The predicted octanol–water partition coefficient (Wildman–Crippen LogP) is -0.309. The van der Waals surface area contributed by atoms with Crippen molar-refractivity contribution >= 4 is 5.82 Å². The third kappa shape index (κ3) is 2.29. The summed E-state index contributed by atoms with van der Waals surface area (Å²) >= 11 is 0. The maximum Gasteiger partial charge on any atom is 0.351 e.